The molecule has 2 rings (SSSR count). The molecule has 0 unspecified atom stereocenters. The molecule has 0 saturated carbocycles. The minimum Gasteiger partial charge on any atom is -0.478 e. The number of aromatic amines is 1. The Morgan fingerprint density at radius 3 is 2.79 bits per heavy atom. The Balaban J connectivity index is 0.00000180. The Morgan fingerprint density at radius 1 is 1.37 bits per heavy atom. The van der Waals surface area contributed by atoms with Crippen LogP contribution in [0.2, 0.25) is 0 Å². The molecule has 19 heavy (non-hydrogen) atoms. The Bertz CT molecular complexity index is 552. The van der Waals surface area contributed by atoms with Crippen LogP contribution in [0, 0.1) is 0 Å². The zero-order chi connectivity index (χ0) is 13.0. The number of nitrogens with zero attached hydrogens (tertiary/aromatic N) is 1. The molecule has 5 heteroatoms. The van der Waals surface area contributed by atoms with Crippen molar-refractivity contribution in [3.8, 4) is 11.3 Å². The van der Waals surface area contributed by atoms with E-state index in [4.69, 9.17) is 5.11 Å². The summed E-state index contributed by atoms with van der Waals surface area (Å²) in [6, 6.07) is 8.85. The number of carbonyl (C=O) groups is 1. The predicted octanol–water partition coefficient (Wildman–Crippen LogP) is 3.54. The second kappa shape index (κ2) is 6.95. The average Bonchev–Trinajstić information content (AvgIpc) is 2.85. The van der Waals surface area contributed by atoms with Gasteiger partial charge in [0.25, 0.3) is 0 Å². The smallest absolute Gasteiger partial charge is 0.336 e. The van der Waals surface area contributed by atoms with E-state index < -0.39 is 5.97 Å². The van der Waals surface area contributed by atoms with Crippen LogP contribution in [0.4, 0.5) is 0 Å². The van der Waals surface area contributed by atoms with Gasteiger partial charge in [-0.25, -0.2) is 4.79 Å². The van der Waals surface area contributed by atoms with Crippen molar-refractivity contribution < 1.29 is 9.90 Å². The SMILES string of the molecule is CCCCc1cc(-c2ccccc2C(=O)O)n[nH]1.Cl. The molecule has 0 bridgehead atoms. The van der Waals surface area contributed by atoms with Gasteiger partial charge in [-0.05, 0) is 25.0 Å². The van der Waals surface area contributed by atoms with Crippen LogP contribution in [0.15, 0.2) is 30.3 Å². The number of hydrogen-bond donors (Lipinski definition) is 2. The van der Waals surface area contributed by atoms with Gasteiger partial charge in [0.2, 0.25) is 0 Å². The number of aryl methyl sites for hydroxylation is 1. The summed E-state index contributed by atoms with van der Waals surface area (Å²) >= 11 is 0. The van der Waals surface area contributed by atoms with Crippen molar-refractivity contribution >= 4 is 18.4 Å². The maximum absolute atomic E-state index is 11.1. The molecule has 2 aromatic rings. The lowest BCUT2D eigenvalue weighted by molar-refractivity contribution is 0.0697. The molecule has 0 saturated heterocycles. The van der Waals surface area contributed by atoms with Crippen molar-refractivity contribution in [1.29, 1.82) is 0 Å². The van der Waals surface area contributed by atoms with Gasteiger partial charge in [-0.3, -0.25) is 5.10 Å². The van der Waals surface area contributed by atoms with E-state index in [2.05, 4.69) is 17.1 Å². The lowest BCUT2D eigenvalue weighted by Crippen LogP contribution is -1.99. The number of H-pyrrole nitrogens is 1. The summed E-state index contributed by atoms with van der Waals surface area (Å²) in [5.41, 5.74) is 2.68. The van der Waals surface area contributed by atoms with Crippen LogP contribution >= 0.6 is 12.4 Å². The molecule has 102 valence electrons. The maximum atomic E-state index is 11.1. The van der Waals surface area contributed by atoms with Crippen molar-refractivity contribution in [2.45, 2.75) is 26.2 Å². The van der Waals surface area contributed by atoms with Crippen LogP contribution in [0.3, 0.4) is 0 Å². The van der Waals surface area contributed by atoms with Crippen molar-refractivity contribution in [1.82, 2.24) is 10.2 Å². The van der Waals surface area contributed by atoms with E-state index in [-0.39, 0.29) is 18.0 Å². The van der Waals surface area contributed by atoms with Gasteiger partial charge in [-0.15, -0.1) is 12.4 Å². The van der Waals surface area contributed by atoms with Crippen molar-refractivity contribution in [3.05, 3.63) is 41.6 Å². The lowest BCUT2D eigenvalue weighted by atomic mass is 10.0. The number of hydrogen-bond acceptors (Lipinski definition) is 2. The van der Waals surface area contributed by atoms with E-state index in [0.717, 1.165) is 25.0 Å². The fraction of sp³-hybridized carbons (Fsp3) is 0.286. The first-order chi connectivity index (χ1) is 8.72. The summed E-state index contributed by atoms with van der Waals surface area (Å²) in [5.74, 6) is -0.927. The summed E-state index contributed by atoms with van der Waals surface area (Å²) < 4.78 is 0. The van der Waals surface area contributed by atoms with Gasteiger partial charge in [0.05, 0.1) is 11.3 Å². The molecule has 1 aromatic carbocycles. The summed E-state index contributed by atoms with van der Waals surface area (Å²) in [6.45, 7) is 2.14. The topological polar surface area (TPSA) is 66.0 Å². The van der Waals surface area contributed by atoms with Gasteiger partial charge in [0.1, 0.15) is 0 Å². The third-order valence-electron chi connectivity index (χ3n) is 2.86. The summed E-state index contributed by atoms with van der Waals surface area (Å²) in [5, 5.41) is 16.3. The highest BCUT2D eigenvalue weighted by Gasteiger charge is 2.13. The maximum Gasteiger partial charge on any atom is 0.336 e. The molecule has 1 heterocycles. The van der Waals surface area contributed by atoms with Gasteiger partial charge in [0, 0.05) is 11.3 Å². The van der Waals surface area contributed by atoms with Crippen LogP contribution < -0.4 is 0 Å². The Hall–Kier alpha value is -1.81. The summed E-state index contributed by atoms with van der Waals surface area (Å²) in [4.78, 5) is 11.1. The molecule has 4 nitrogen and oxygen atoms in total. The fourth-order valence-corrected chi connectivity index (χ4v) is 1.89. The van der Waals surface area contributed by atoms with E-state index in [9.17, 15) is 4.79 Å². The standard InChI is InChI=1S/C14H16N2O2.ClH/c1-2-3-6-10-9-13(16-15-10)11-7-4-5-8-12(11)14(17)18;/h4-5,7-9H,2-3,6H2,1H3,(H,15,16)(H,17,18);1H. The molecule has 0 spiro atoms. The average molecular weight is 281 g/mol. The molecule has 0 amide bonds. The third-order valence-corrected chi connectivity index (χ3v) is 2.86. The van der Waals surface area contributed by atoms with Crippen LogP contribution in [-0.4, -0.2) is 21.3 Å². The number of halogens is 1. The van der Waals surface area contributed by atoms with E-state index in [1.807, 2.05) is 12.1 Å². The number of aromatic carboxylic acids is 1. The number of carboxylic acids is 1. The van der Waals surface area contributed by atoms with Gasteiger partial charge in [-0.1, -0.05) is 31.5 Å². The molecule has 0 radical (unpaired) electrons. The molecule has 0 fully saturated rings. The first kappa shape index (κ1) is 15.2. The summed E-state index contributed by atoms with van der Waals surface area (Å²) in [6.07, 6.45) is 3.17. The van der Waals surface area contributed by atoms with Gasteiger partial charge in [-0.2, -0.15) is 5.10 Å². The third kappa shape index (κ3) is 3.58. The molecule has 0 atom stereocenters. The van der Waals surface area contributed by atoms with Crippen molar-refractivity contribution in [2.75, 3.05) is 0 Å². The van der Waals surface area contributed by atoms with Crippen LogP contribution in [0.5, 0.6) is 0 Å². The number of unbranched alkanes of at least 4 members (excludes halogenated alkanes) is 1. The minimum atomic E-state index is -0.927. The number of nitrogens with one attached hydrogen (secondary N) is 1. The zero-order valence-electron chi connectivity index (χ0n) is 10.7. The molecular formula is C14H17ClN2O2. The van der Waals surface area contributed by atoms with Gasteiger partial charge >= 0.3 is 5.97 Å². The monoisotopic (exact) mass is 280 g/mol. The zero-order valence-corrected chi connectivity index (χ0v) is 11.5. The fourth-order valence-electron chi connectivity index (χ4n) is 1.89. The highest BCUT2D eigenvalue weighted by molar-refractivity contribution is 5.95. The number of benzene rings is 1. The van der Waals surface area contributed by atoms with Crippen LogP contribution in [-0.2, 0) is 6.42 Å². The molecular weight excluding hydrogens is 264 g/mol. The molecule has 0 aliphatic rings. The molecule has 1 aromatic heterocycles. The second-order valence-corrected chi connectivity index (χ2v) is 4.23. The van der Waals surface area contributed by atoms with Crippen molar-refractivity contribution in [3.63, 3.8) is 0 Å². The van der Waals surface area contributed by atoms with E-state index in [1.54, 1.807) is 18.2 Å². The molecule has 2 N–H and O–H groups in total. The van der Waals surface area contributed by atoms with Gasteiger partial charge < -0.3 is 5.11 Å². The highest BCUT2D eigenvalue weighted by atomic mass is 35.5. The van der Waals surface area contributed by atoms with E-state index in [1.165, 1.54) is 0 Å². The van der Waals surface area contributed by atoms with Gasteiger partial charge in [0.15, 0.2) is 0 Å². The highest BCUT2D eigenvalue weighted by Crippen LogP contribution is 2.22. The Kier molecular flexibility index (Phi) is 5.57. The quantitative estimate of drug-likeness (QED) is 0.880. The van der Waals surface area contributed by atoms with Crippen molar-refractivity contribution in [2.24, 2.45) is 0 Å². The number of carboxylic acid groups (broad SMARTS) is 1. The van der Waals surface area contributed by atoms with Crippen LogP contribution in [0.1, 0.15) is 35.8 Å². The lowest BCUT2D eigenvalue weighted by Gasteiger charge is -2.01. The first-order valence-corrected chi connectivity index (χ1v) is 6.09. The summed E-state index contributed by atoms with van der Waals surface area (Å²) in [7, 11) is 0. The number of rotatable bonds is 5. The largest absolute Gasteiger partial charge is 0.478 e. The number of aromatic nitrogens is 2. The Morgan fingerprint density at radius 2 is 2.11 bits per heavy atom. The van der Waals surface area contributed by atoms with Crippen LogP contribution in [0.25, 0.3) is 11.3 Å². The van der Waals surface area contributed by atoms with E-state index in [0.29, 0.717) is 11.3 Å². The molecule has 0 aliphatic carbocycles. The minimum absolute atomic E-state index is 0. The van der Waals surface area contributed by atoms with E-state index >= 15 is 0 Å². The first-order valence-electron chi connectivity index (χ1n) is 6.09. The second-order valence-electron chi connectivity index (χ2n) is 4.23. The predicted molar refractivity (Wildman–Crippen MR) is 76.8 cm³/mol. The molecule has 0 aliphatic heterocycles. The Labute approximate surface area is 118 Å². The normalized spacial score (nSPS) is 9.95.